The van der Waals surface area contributed by atoms with Gasteiger partial charge >= 0.3 is 0 Å². The van der Waals surface area contributed by atoms with Gasteiger partial charge in [0.15, 0.2) is 0 Å². The smallest absolute Gasteiger partial charge is 0.244 e. The van der Waals surface area contributed by atoms with E-state index >= 15 is 0 Å². The molecule has 0 saturated carbocycles. The van der Waals surface area contributed by atoms with Crippen LogP contribution in [-0.4, -0.2) is 37.9 Å². The Morgan fingerprint density at radius 3 is 2.65 bits per heavy atom. The van der Waals surface area contributed by atoms with E-state index in [1.165, 1.54) is 4.31 Å². The maximum atomic E-state index is 12.5. The van der Waals surface area contributed by atoms with Gasteiger partial charge in [-0.2, -0.15) is 4.31 Å². The zero-order chi connectivity index (χ0) is 15.3. The highest BCUT2D eigenvalue weighted by molar-refractivity contribution is 7.89. The molecule has 1 rings (SSSR count). The average molecular weight is 299 g/mol. The lowest BCUT2D eigenvalue weighted by molar-refractivity contribution is 0.493. The van der Waals surface area contributed by atoms with E-state index in [-0.39, 0.29) is 0 Å². The van der Waals surface area contributed by atoms with Gasteiger partial charge in [-0.05, 0) is 26.5 Å². The fraction of sp³-hybridized carbons (Fsp3) is 0.571. The Morgan fingerprint density at radius 2 is 2.15 bits per heavy atom. The Bertz CT molecular complexity index is 537. The molecule has 0 radical (unpaired) electrons. The van der Waals surface area contributed by atoms with Crippen LogP contribution in [0.1, 0.15) is 26.0 Å². The maximum Gasteiger partial charge on any atom is 0.244 e. The molecule has 20 heavy (non-hydrogen) atoms. The molecule has 0 aliphatic carbocycles. The predicted molar refractivity (Wildman–Crippen MR) is 82.1 cm³/mol. The molecule has 0 unspecified atom stereocenters. The van der Waals surface area contributed by atoms with Gasteiger partial charge in [-0.3, -0.25) is 0 Å². The summed E-state index contributed by atoms with van der Waals surface area (Å²) in [4.78, 5) is 0.347. The van der Waals surface area contributed by atoms with Crippen LogP contribution < -0.4 is 5.32 Å². The monoisotopic (exact) mass is 299 g/mol. The van der Waals surface area contributed by atoms with Crippen molar-refractivity contribution in [1.29, 1.82) is 0 Å². The highest BCUT2D eigenvalue weighted by Gasteiger charge is 2.23. The second-order valence-electron chi connectivity index (χ2n) is 5.11. The first-order valence-corrected chi connectivity index (χ1v) is 8.21. The van der Waals surface area contributed by atoms with Gasteiger partial charge in [-0.1, -0.05) is 19.1 Å². The number of likely N-dealkylation sites (N-methyl/N-ethyl adjacent to an activating group) is 1. The van der Waals surface area contributed by atoms with Crippen molar-refractivity contribution in [3.8, 4) is 0 Å². The Morgan fingerprint density at radius 1 is 1.50 bits per heavy atom. The molecule has 114 valence electrons. The topological polar surface area (TPSA) is 54.3 Å². The third kappa shape index (κ3) is 3.94. The minimum absolute atomic E-state index is 0.336. The minimum Gasteiger partial charge on any atom is -0.349 e. The van der Waals surface area contributed by atoms with Gasteiger partial charge in [0, 0.05) is 38.6 Å². The molecule has 0 aliphatic rings. The van der Waals surface area contributed by atoms with E-state index in [2.05, 4.69) is 18.8 Å². The number of aromatic nitrogens is 1. The molecule has 0 amide bonds. The predicted octanol–water partition coefficient (Wildman–Crippen LogP) is 1.81. The molecular weight excluding hydrogens is 274 g/mol. The van der Waals surface area contributed by atoms with Gasteiger partial charge in [0.2, 0.25) is 10.0 Å². The van der Waals surface area contributed by atoms with E-state index in [0.29, 0.717) is 18.0 Å². The molecule has 0 atom stereocenters. The lowest BCUT2D eigenvalue weighted by Gasteiger charge is -2.15. The quantitative estimate of drug-likeness (QED) is 0.745. The number of nitrogens with one attached hydrogen (secondary N) is 1. The number of hydrogen-bond acceptors (Lipinski definition) is 3. The molecular formula is C14H25N3O2S. The van der Waals surface area contributed by atoms with Crippen molar-refractivity contribution in [2.45, 2.75) is 38.3 Å². The first-order valence-electron chi connectivity index (χ1n) is 6.77. The van der Waals surface area contributed by atoms with Crippen LogP contribution in [0.2, 0.25) is 0 Å². The van der Waals surface area contributed by atoms with Crippen molar-refractivity contribution < 1.29 is 8.42 Å². The summed E-state index contributed by atoms with van der Waals surface area (Å²) in [6.07, 6.45) is 2.69. The van der Waals surface area contributed by atoms with Gasteiger partial charge in [0.25, 0.3) is 0 Å². The molecule has 0 aromatic carbocycles. The minimum atomic E-state index is -3.45. The molecule has 0 aliphatic heterocycles. The zero-order valence-electron chi connectivity index (χ0n) is 12.8. The molecule has 0 fully saturated rings. The Hall–Kier alpha value is -1.11. The Balaban J connectivity index is 3.11. The molecule has 1 aromatic heterocycles. The summed E-state index contributed by atoms with van der Waals surface area (Å²) in [5, 5.41) is 3.07. The van der Waals surface area contributed by atoms with Crippen LogP contribution in [0.15, 0.2) is 29.3 Å². The van der Waals surface area contributed by atoms with Gasteiger partial charge in [0.1, 0.15) is 4.90 Å². The van der Waals surface area contributed by atoms with E-state index in [1.54, 1.807) is 19.3 Å². The van der Waals surface area contributed by atoms with Crippen LogP contribution in [0.3, 0.4) is 0 Å². The molecule has 5 nitrogen and oxygen atoms in total. The van der Waals surface area contributed by atoms with Crippen LogP contribution in [0.4, 0.5) is 0 Å². The van der Waals surface area contributed by atoms with Gasteiger partial charge in [0.05, 0.1) is 0 Å². The SMILES string of the molecule is C=C(C)CN(C)S(=O)(=O)c1cc(CNC)n(CCC)c1. The number of sulfonamides is 1. The first-order chi connectivity index (χ1) is 9.32. The lowest BCUT2D eigenvalue weighted by atomic mass is 10.4. The van der Waals surface area contributed by atoms with Crippen LogP contribution in [0.5, 0.6) is 0 Å². The third-order valence-electron chi connectivity index (χ3n) is 2.98. The number of rotatable bonds is 8. The average Bonchev–Trinajstić information content (AvgIpc) is 2.73. The van der Waals surface area contributed by atoms with Gasteiger partial charge < -0.3 is 9.88 Å². The second kappa shape index (κ2) is 7.06. The molecule has 6 heteroatoms. The van der Waals surface area contributed by atoms with Crippen molar-refractivity contribution in [1.82, 2.24) is 14.2 Å². The van der Waals surface area contributed by atoms with E-state index in [4.69, 9.17) is 0 Å². The molecule has 0 bridgehead atoms. The standard InChI is InChI=1S/C14H25N3O2S/c1-6-7-17-11-14(8-13(17)9-15-4)20(18,19)16(5)10-12(2)3/h8,11,15H,2,6-7,9-10H2,1,3-5H3. The maximum absolute atomic E-state index is 12.5. The van der Waals surface area contributed by atoms with Crippen LogP contribution >= 0.6 is 0 Å². The van der Waals surface area contributed by atoms with Crippen molar-refractivity contribution in [3.63, 3.8) is 0 Å². The highest BCUT2D eigenvalue weighted by atomic mass is 32.2. The Kier molecular flexibility index (Phi) is 5.98. The summed E-state index contributed by atoms with van der Waals surface area (Å²) in [5.74, 6) is 0. The second-order valence-corrected chi connectivity index (χ2v) is 7.15. The fourth-order valence-electron chi connectivity index (χ4n) is 2.09. The van der Waals surface area contributed by atoms with Crippen LogP contribution in [0.25, 0.3) is 0 Å². The molecule has 0 saturated heterocycles. The fourth-order valence-corrected chi connectivity index (χ4v) is 3.39. The summed E-state index contributed by atoms with van der Waals surface area (Å²) in [5.41, 5.74) is 1.80. The number of aryl methyl sites for hydroxylation is 1. The highest BCUT2D eigenvalue weighted by Crippen LogP contribution is 2.19. The largest absolute Gasteiger partial charge is 0.349 e. The van der Waals surface area contributed by atoms with E-state index in [0.717, 1.165) is 24.2 Å². The summed E-state index contributed by atoms with van der Waals surface area (Å²) < 4.78 is 28.3. The van der Waals surface area contributed by atoms with E-state index in [1.807, 2.05) is 18.5 Å². The third-order valence-corrected chi connectivity index (χ3v) is 4.75. The van der Waals surface area contributed by atoms with Crippen molar-refractivity contribution in [2.24, 2.45) is 0 Å². The number of nitrogens with zero attached hydrogens (tertiary/aromatic N) is 2. The van der Waals surface area contributed by atoms with Crippen molar-refractivity contribution >= 4 is 10.0 Å². The number of hydrogen-bond donors (Lipinski definition) is 1. The van der Waals surface area contributed by atoms with Gasteiger partial charge in [-0.15, -0.1) is 0 Å². The normalized spacial score (nSPS) is 12.1. The van der Waals surface area contributed by atoms with Crippen LogP contribution in [0, 0.1) is 0 Å². The van der Waals surface area contributed by atoms with Crippen molar-refractivity contribution in [2.75, 3.05) is 20.6 Å². The zero-order valence-corrected chi connectivity index (χ0v) is 13.6. The van der Waals surface area contributed by atoms with Gasteiger partial charge in [-0.25, -0.2) is 8.42 Å². The molecule has 1 N–H and O–H groups in total. The van der Waals surface area contributed by atoms with Crippen molar-refractivity contribution in [3.05, 3.63) is 30.1 Å². The summed E-state index contributed by atoms with van der Waals surface area (Å²) >= 11 is 0. The summed E-state index contributed by atoms with van der Waals surface area (Å²) in [6, 6.07) is 1.75. The molecule has 0 spiro atoms. The molecule has 1 heterocycles. The van der Waals surface area contributed by atoms with Crippen LogP contribution in [-0.2, 0) is 23.1 Å². The molecule has 1 aromatic rings. The first kappa shape index (κ1) is 16.9. The summed E-state index contributed by atoms with van der Waals surface area (Å²) in [6.45, 7) is 9.46. The lowest BCUT2D eigenvalue weighted by Crippen LogP contribution is -2.28. The summed E-state index contributed by atoms with van der Waals surface area (Å²) in [7, 11) is -0.0144. The van der Waals surface area contributed by atoms with E-state index in [9.17, 15) is 8.42 Å². The van der Waals surface area contributed by atoms with E-state index < -0.39 is 10.0 Å². The Labute approximate surface area is 122 Å².